The monoisotopic (exact) mass is 283 g/mol. The molecule has 0 aromatic carbocycles. The number of carbonyl (C=O) groups is 1. The highest BCUT2D eigenvalue weighted by molar-refractivity contribution is 6.12. The van der Waals surface area contributed by atoms with Crippen molar-refractivity contribution in [3.63, 3.8) is 0 Å². The number of pyridine rings is 1. The van der Waals surface area contributed by atoms with E-state index in [4.69, 9.17) is 0 Å². The van der Waals surface area contributed by atoms with E-state index in [0.29, 0.717) is 6.42 Å². The number of aliphatic hydroxyl groups is 1. The molecule has 2 aliphatic carbocycles. The zero-order valence-corrected chi connectivity index (χ0v) is 12.6. The van der Waals surface area contributed by atoms with E-state index >= 15 is 0 Å². The SMILES string of the molecule is CC1=C2CCC[C@H](O)[C@@]2(C)C/C(=C\c2cccnc2)C1=O. The molecule has 0 amide bonds. The van der Waals surface area contributed by atoms with Gasteiger partial charge >= 0.3 is 0 Å². The Morgan fingerprint density at radius 2 is 2.29 bits per heavy atom. The van der Waals surface area contributed by atoms with Crippen LogP contribution in [0.25, 0.3) is 6.08 Å². The third-order valence-electron chi connectivity index (χ3n) is 5.00. The standard InChI is InChI=1S/C18H21NO2/c1-12-15-6-3-7-16(20)18(15,2)10-14(17(12)21)9-13-5-4-8-19-11-13/h4-5,8-9,11,16,20H,3,6-7,10H2,1-2H3/b14-9+/t16-,18-/m0/s1. The Morgan fingerprint density at radius 1 is 1.48 bits per heavy atom. The smallest absolute Gasteiger partial charge is 0.184 e. The summed E-state index contributed by atoms with van der Waals surface area (Å²) in [5.41, 5.74) is 3.43. The number of ketones is 1. The summed E-state index contributed by atoms with van der Waals surface area (Å²) in [6.45, 7) is 4.00. The third kappa shape index (κ3) is 2.36. The zero-order valence-electron chi connectivity index (χ0n) is 12.6. The van der Waals surface area contributed by atoms with Gasteiger partial charge in [0.1, 0.15) is 0 Å². The van der Waals surface area contributed by atoms with Gasteiger partial charge in [-0.15, -0.1) is 0 Å². The Kier molecular flexibility index (Phi) is 3.54. The molecular formula is C18H21NO2. The molecule has 1 fully saturated rings. The van der Waals surface area contributed by atoms with Gasteiger partial charge < -0.3 is 5.11 Å². The molecule has 1 heterocycles. The first-order chi connectivity index (χ1) is 10.0. The van der Waals surface area contributed by atoms with E-state index in [-0.39, 0.29) is 17.3 Å². The number of fused-ring (bicyclic) bond motifs is 1. The average molecular weight is 283 g/mol. The summed E-state index contributed by atoms with van der Waals surface area (Å²) in [6, 6.07) is 3.81. The van der Waals surface area contributed by atoms with Crippen molar-refractivity contribution in [3.8, 4) is 0 Å². The van der Waals surface area contributed by atoms with Crippen molar-refractivity contribution < 1.29 is 9.90 Å². The quantitative estimate of drug-likeness (QED) is 0.804. The molecule has 3 rings (SSSR count). The normalized spacial score (nSPS) is 31.5. The topological polar surface area (TPSA) is 50.2 Å². The number of rotatable bonds is 1. The minimum absolute atomic E-state index is 0.125. The highest BCUT2D eigenvalue weighted by Gasteiger charge is 2.45. The number of Topliss-reactive ketones (excluding diaryl/α,β-unsaturated/α-hetero) is 1. The number of aromatic nitrogens is 1. The molecule has 1 saturated carbocycles. The van der Waals surface area contributed by atoms with Gasteiger partial charge in [0.2, 0.25) is 0 Å². The lowest BCUT2D eigenvalue weighted by Gasteiger charge is -2.45. The highest BCUT2D eigenvalue weighted by Crippen LogP contribution is 2.50. The van der Waals surface area contributed by atoms with E-state index < -0.39 is 0 Å². The van der Waals surface area contributed by atoms with E-state index in [9.17, 15) is 9.90 Å². The van der Waals surface area contributed by atoms with Crippen LogP contribution in [0.15, 0.2) is 41.2 Å². The molecule has 0 spiro atoms. The summed E-state index contributed by atoms with van der Waals surface area (Å²) in [4.78, 5) is 16.7. The molecule has 0 radical (unpaired) electrons. The fourth-order valence-electron chi connectivity index (χ4n) is 3.75. The summed E-state index contributed by atoms with van der Waals surface area (Å²) < 4.78 is 0. The van der Waals surface area contributed by atoms with Crippen LogP contribution in [0.4, 0.5) is 0 Å². The molecule has 110 valence electrons. The van der Waals surface area contributed by atoms with E-state index in [2.05, 4.69) is 11.9 Å². The molecule has 1 aromatic heterocycles. The summed E-state index contributed by atoms with van der Waals surface area (Å²) in [6.07, 6.45) is 8.39. The zero-order chi connectivity index (χ0) is 15.0. The lowest BCUT2D eigenvalue weighted by atomic mass is 9.61. The maximum atomic E-state index is 12.6. The molecule has 3 heteroatoms. The lowest BCUT2D eigenvalue weighted by molar-refractivity contribution is -0.113. The second-order valence-corrected chi connectivity index (χ2v) is 6.39. The second-order valence-electron chi connectivity index (χ2n) is 6.39. The second kappa shape index (κ2) is 5.23. The number of allylic oxidation sites excluding steroid dienone is 2. The summed E-state index contributed by atoms with van der Waals surface area (Å²) >= 11 is 0. The predicted octanol–water partition coefficient (Wildman–Crippen LogP) is 3.31. The van der Waals surface area contributed by atoms with Gasteiger partial charge in [0.15, 0.2) is 5.78 Å². The molecule has 21 heavy (non-hydrogen) atoms. The maximum Gasteiger partial charge on any atom is 0.184 e. The van der Waals surface area contributed by atoms with Crippen molar-refractivity contribution in [2.45, 2.75) is 45.6 Å². The van der Waals surface area contributed by atoms with Gasteiger partial charge in [-0.3, -0.25) is 9.78 Å². The Balaban J connectivity index is 2.05. The van der Waals surface area contributed by atoms with Gasteiger partial charge in [0.25, 0.3) is 0 Å². The van der Waals surface area contributed by atoms with Crippen molar-refractivity contribution >= 4 is 11.9 Å². The Hall–Kier alpha value is -1.74. The molecule has 1 aromatic rings. The van der Waals surface area contributed by atoms with Crippen molar-refractivity contribution in [1.29, 1.82) is 0 Å². The predicted molar refractivity (Wildman–Crippen MR) is 82.5 cm³/mol. The van der Waals surface area contributed by atoms with Gasteiger partial charge in [0.05, 0.1) is 6.10 Å². The van der Waals surface area contributed by atoms with Crippen LogP contribution in [-0.2, 0) is 4.79 Å². The first kappa shape index (κ1) is 14.2. The van der Waals surface area contributed by atoms with E-state index in [0.717, 1.165) is 41.5 Å². The highest BCUT2D eigenvalue weighted by atomic mass is 16.3. The Morgan fingerprint density at radius 3 is 3.00 bits per heavy atom. The first-order valence-corrected chi connectivity index (χ1v) is 7.56. The summed E-state index contributed by atoms with van der Waals surface area (Å²) in [7, 11) is 0. The minimum atomic E-state index is -0.360. The van der Waals surface area contributed by atoms with Crippen molar-refractivity contribution in [2.75, 3.05) is 0 Å². The fraction of sp³-hybridized carbons (Fsp3) is 0.444. The lowest BCUT2D eigenvalue weighted by Crippen LogP contribution is -2.42. The average Bonchev–Trinajstić information content (AvgIpc) is 2.48. The molecule has 0 saturated heterocycles. The van der Waals surface area contributed by atoms with Crippen LogP contribution >= 0.6 is 0 Å². The van der Waals surface area contributed by atoms with E-state index in [1.54, 1.807) is 12.4 Å². The van der Waals surface area contributed by atoms with Gasteiger partial charge in [-0.05, 0) is 55.9 Å². The fourth-order valence-corrected chi connectivity index (χ4v) is 3.75. The molecular weight excluding hydrogens is 262 g/mol. The van der Waals surface area contributed by atoms with Crippen LogP contribution in [-0.4, -0.2) is 22.0 Å². The first-order valence-electron chi connectivity index (χ1n) is 7.56. The van der Waals surface area contributed by atoms with Crippen molar-refractivity contribution in [1.82, 2.24) is 4.98 Å². The minimum Gasteiger partial charge on any atom is -0.392 e. The van der Waals surface area contributed by atoms with Crippen LogP contribution in [0.3, 0.4) is 0 Å². The van der Waals surface area contributed by atoms with Crippen molar-refractivity contribution in [2.24, 2.45) is 5.41 Å². The molecule has 0 unspecified atom stereocenters. The van der Waals surface area contributed by atoms with Crippen LogP contribution < -0.4 is 0 Å². The molecule has 2 atom stereocenters. The number of hydrogen-bond acceptors (Lipinski definition) is 3. The third-order valence-corrected chi connectivity index (χ3v) is 5.00. The largest absolute Gasteiger partial charge is 0.392 e. The number of aliphatic hydroxyl groups excluding tert-OH is 1. The van der Waals surface area contributed by atoms with Gasteiger partial charge in [-0.2, -0.15) is 0 Å². The van der Waals surface area contributed by atoms with Crippen LogP contribution in [0.5, 0.6) is 0 Å². The van der Waals surface area contributed by atoms with Gasteiger partial charge in [-0.1, -0.05) is 18.6 Å². The molecule has 3 nitrogen and oxygen atoms in total. The molecule has 0 bridgehead atoms. The summed E-state index contributed by atoms with van der Waals surface area (Å²) in [5, 5.41) is 10.5. The molecule has 2 aliphatic rings. The number of carbonyl (C=O) groups excluding carboxylic acids is 1. The van der Waals surface area contributed by atoms with Crippen molar-refractivity contribution in [3.05, 3.63) is 46.8 Å². The van der Waals surface area contributed by atoms with Crippen LogP contribution in [0.1, 0.15) is 45.1 Å². The van der Waals surface area contributed by atoms with Crippen LogP contribution in [0.2, 0.25) is 0 Å². The Bertz CT molecular complexity index is 630. The molecule has 1 N–H and O–H groups in total. The number of nitrogens with zero attached hydrogens (tertiary/aromatic N) is 1. The van der Waals surface area contributed by atoms with Crippen LogP contribution in [0, 0.1) is 5.41 Å². The van der Waals surface area contributed by atoms with E-state index in [1.807, 2.05) is 25.1 Å². The van der Waals surface area contributed by atoms with Gasteiger partial charge in [0, 0.05) is 23.4 Å². The van der Waals surface area contributed by atoms with Gasteiger partial charge in [-0.25, -0.2) is 0 Å². The summed E-state index contributed by atoms with van der Waals surface area (Å²) in [5.74, 6) is 0.125. The number of hydrogen-bond donors (Lipinski definition) is 1. The Labute approximate surface area is 125 Å². The van der Waals surface area contributed by atoms with E-state index in [1.165, 1.54) is 0 Å². The maximum absolute atomic E-state index is 12.6. The molecule has 0 aliphatic heterocycles.